The van der Waals surface area contributed by atoms with Gasteiger partial charge in [-0.3, -0.25) is 19.7 Å². The molecule has 3 heterocycles. The number of hydrogen-bond donors (Lipinski definition) is 3. The van der Waals surface area contributed by atoms with Gasteiger partial charge in [0.1, 0.15) is 29.3 Å². The summed E-state index contributed by atoms with van der Waals surface area (Å²) in [6, 6.07) is 22.8. The van der Waals surface area contributed by atoms with E-state index in [9.17, 15) is 14.0 Å². The predicted octanol–water partition coefficient (Wildman–Crippen LogP) is 5.36. The number of pyridine rings is 1. The van der Waals surface area contributed by atoms with Gasteiger partial charge in [0.15, 0.2) is 11.6 Å². The van der Waals surface area contributed by atoms with Gasteiger partial charge in [-0.2, -0.15) is 5.10 Å². The molecule has 0 radical (unpaired) electrons. The zero-order chi connectivity index (χ0) is 30.4. The Morgan fingerprint density at radius 3 is 2.57 bits per heavy atom. The van der Waals surface area contributed by atoms with E-state index in [1.807, 2.05) is 55.5 Å². The number of carbonyl (C=O) groups excluding carboxylic acids is 2. The lowest BCUT2D eigenvalue weighted by Crippen LogP contribution is -2.35. The Labute approximate surface area is 252 Å². The topological polar surface area (TPSA) is 122 Å². The van der Waals surface area contributed by atoms with Gasteiger partial charge in [0.25, 0.3) is 5.91 Å². The molecular weight excluding hydrogens is 559 g/mol. The average Bonchev–Trinajstić information content (AvgIpc) is 3.47. The number of H-pyrrole nitrogens is 1. The van der Waals surface area contributed by atoms with Gasteiger partial charge in [0.05, 0.1) is 5.54 Å². The predicted molar refractivity (Wildman–Crippen MR) is 161 cm³/mol. The smallest absolute Gasteiger partial charge is 0.252 e. The van der Waals surface area contributed by atoms with Gasteiger partial charge in [0, 0.05) is 24.4 Å². The maximum absolute atomic E-state index is 13.6. The molecule has 3 aromatic carbocycles. The first-order valence-electron chi connectivity index (χ1n) is 14.4. The molecule has 44 heavy (non-hydrogen) atoms. The molecule has 2 unspecified atom stereocenters. The first kappa shape index (κ1) is 27.5. The van der Waals surface area contributed by atoms with Gasteiger partial charge in [-0.15, -0.1) is 0 Å². The first-order chi connectivity index (χ1) is 21.3. The summed E-state index contributed by atoms with van der Waals surface area (Å²) in [7, 11) is 1.59. The number of halogens is 1. The van der Waals surface area contributed by atoms with Gasteiger partial charge < -0.3 is 15.4 Å². The summed E-state index contributed by atoms with van der Waals surface area (Å²) in [5.74, 6) is 0.280. The Balaban J connectivity index is 1.16. The molecule has 0 saturated heterocycles. The van der Waals surface area contributed by atoms with Gasteiger partial charge in [-0.05, 0) is 90.6 Å². The minimum atomic E-state index is -0.625. The first-order valence-corrected chi connectivity index (χ1v) is 14.4. The highest BCUT2D eigenvalue weighted by atomic mass is 19.1. The van der Waals surface area contributed by atoms with Crippen LogP contribution in [0.2, 0.25) is 0 Å². The highest BCUT2D eigenvalue weighted by molar-refractivity contribution is 5.96. The van der Waals surface area contributed by atoms with E-state index in [1.165, 1.54) is 12.1 Å². The van der Waals surface area contributed by atoms with Crippen LogP contribution in [0, 0.1) is 12.7 Å². The van der Waals surface area contributed by atoms with Crippen molar-refractivity contribution in [1.29, 1.82) is 0 Å². The minimum absolute atomic E-state index is 0.201. The molecule has 1 aliphatic carbocycles. The SMILES string of the molecule is CNC(=O)C1c2cc(-c3cc(C(=O)NC4(c5nc(-c6ccccn6)n[nH]5)CC4)ccc3C)ccc2OC1c1ccc(F)cc1. The molecular formula is C34H29FN6O3. The van der Waals surface area contributed by atoms with E-state index >= 15 is 0 Å². The number of hydrogen-bond acceptors (Lipinski definition) is 6. The number of nitrogens with one attached hydrogen (secondary N) is 3. The van der Waals surface area contributed by atoms with E-state index in [-0.39, 0.29) is 17.6 Å². The number of fused-ring (bicyclic) bond motifs is 1. The fourth-order valence-electron chi connectivity index (χ4n) is 5.78. The van der Waals surface area contributed by atoms with Crippen LogP contribution >= 0.6 is 0 Å². The van der Waals surface area contributed by atoms with Gasteiger partial charge >= 0.3 is 0 Å². The van der Waals surface area contributed by atoms with Crippen LogP contribution in [0.4, 0.5) is 4.39 Å². The summed E-state index contributed by atoms with van der Waals surface area (Å²) in [5.41, 5.74) is 4.68. The zero-order valence-electron chi connectivity index (χ0n) is 24.1. The fourth-order valence-corrected chi connectivity index (χ4v) is 5.78. The molecule has 2 aromatic heterocycles. The largest absolute Gasteiger partial charge is 0.484 e. The maximum atomic E-state index is 13.6. The number of ether oxygens (including phenoxy) is 1. The third-order valence-corrected chi connectivity index (χ3v) is 8.38. The van der Waals surface area contributed by atoms with Crippen LogP contribution in [0.1, 0.15) is 57.7 Å². The summed E-state index contributed by atoms with van der Waals surface area (Å²) in [6.07, 6.45) is 2.58. The molecule has 1 saturated carbocycles. The summed E-state index contributed by atoms with van der Waals surface area (Å²) < 4.78 is 19.8. The molecule has 2 aliphatic rings. The standard InChI is InChI=1S/C34H29FN6O3/c1-19-6-7-22(31(42)39-34(14-15-34)33-38-30(40-41-33)26-5-3-4-16-37-26)18-24(19)21-10-13-27-25(17-21)28(32(43)36-2)29(44-27)20-8-11-23(35)12-9-20/h3-13,16-18,28-29H,14-15H2,1-2H3,(H,36,43)(H,39,42)(H,38,40,41). The molecule has 2 amide bonds. The fraction of sp³-hybridized carbons (Fsp3) is 0.206. The average molecular weight is 589 g/mol. The number of likely N-dealkylation sites (N-methyl/N-ethyl adjacent to an activating group) is 1. The molecule has 10 heteroatoms. The second-order valence-corrected chi connectivity index (χ2v) is 11.2. The molecule has 1 aliphatic heterocycles. The number of aromatic nitrogens is 4. The summed E-state index contributed by atoms with van der Waals surface area (Å²) in [5, 5.41) is 13.2. The lowest BCUT2D eigenvalue weighted by Gasteiger charge is -2.18. The number of aromatic amines is 1. The number of rotatable bonds is 7. The lowest BCUT2D eigenvalue weighted by atomic mass is 9.88. The summed E-state index contributed by atoms with van der Waals surface area (Å²) in [4.78, 5) is 35.6. The summed E-state index contributed by atoms with van der Waals surface area (Å²) in [6.45, 7) is 1.98. The number of amides is 2. The molecule has 1 fully saturated rings. The molecule has 0 bridgehead atoms. The Kier molecular flexibility index (Phi) is 6.68. The van der Waals surface area contributed by atoms with E-state index in [0.29, 0.717) is 34.2 Å². The highest BCUT2D eigenvalue weighted by Crippen LogP contribution is 2.48. The maximum Gasteiger partial charge on any atom is 0.252 e. The number of benzene rings is 3. The van der Waals surface area contributed by atoms with Crippen molar-refractivity contribution in [3.8, 4) is 28.4 Å². The third kappa shape index (κ3) is 4.88. The van der Waals surface area contributed by atoms with E-state index in [2.05, 4.69) is 30.8 Å². The molecule has 220 valence electrons. The summed E-state index contributed by atoms with van der Waals surface area (Å²) >= 11 is 0. The van der Waals surface area contributed by atoms with Crippen molar-refractivity contribution in [2.45, 2.75) is 37.3 Å². The van der Waals surface area contributed by atoms with Crippen molar-refractivity contribution < 1.29 is 18.7 Å². The number of carbonyl (C=O) groups is 2. The van der Waals surface area contributed by atoms with Crippen LogP contribution in [0.3, 0.4) is 0 Å². The second-order valence-electron chi connectivity index (χ2n) is 11.2. The number of aryl methyl sites for hydroxylation is 1. The van der Waals surface area contributed by atoms with Crippen LogP contribution in [-0.2, 0) is 10.3 Å². The van der Waals surface area contributed by atoms with E-state index in [0.717, 1.165) is 35.1 Å². The molecule has 0 spiro atoms. The Morgan fingerprint density at radius 2 is 1.84 bits per heavy atom. The normalized spacial score (nSPS) is 17.8. The van der Waals surface area contributed by atoms with Crippen molar-refractivity contribution in [2.24, 2.45) is 0 Å². The van der Waals surface area contributed by atoms with Gasteiger partial charge in [-0.25, -0.2) is 9.37 Å². The molecule has 7 rings (SSSR count). The lowest BCUT2D eigenvalue weighted by molar-refractivity contribution is -0.123. The Bertz CT molecular complexity index is 1890. The van der Waals surface area contributed by atoms with Gasteiger partial charge in [-0.1, -0.05) is 30.3 Å². The van der Waals surface area contributed by atoms with E-state index in [1.54, 1.807) is 31.4 Å². The monoisotopic (exact) mass is 588 g/mol. The van der Waals surface area contributed by atoms with Crippen molar-refractivity contribution >= 4 is 11.8 Å². The van der Waals surface area contributed by atoms with Crippen LogP contribution in [0.15, 0.2) is 85.1 Å². The minimum Gasteiger partial charge on any atom is -0.484 e. The second kappa shape index (κ2) is 10.7. The highest BCUT2D eigenvalue weighted by Gasteiger charge is 2.49. The number of nitrogens with zero attached hydrogens (tertiary/aromatic N) is 3. The van der Waals surface area contributed by atoms with Crippen LogP contribution < -0.4 is 15.4 Å². The molecule has 3 N–H and O–H groups in total. The van der Waals surface area contributed by atoms with Gasteiger partial charge in [0.2, 0.25) is 5.91 Å². The van der Waals surface area contributed by atoms with Crippen LogP contribution in [0.25, 0.3) is 22.6 Å². The third-order valence-electron chi connectivity index (χ3n) is 8.38. The molecule has 5 aromatic rings. The van der Waals surface area contributed by atoms with Crippen molar-refractivity contribution in [3.05, 3.63) is 119 Å². The zero-order valence-corrected chi connectivity index (χ0v) is 24.1. The molecule has 2 atom stereocenters. The van der Waals surface area contributed by atoms with Crippen molar-refractivity contribution in [2.75, 3.05) is 7.05 Å². The van der Waals surface area contributed by atoms with E-state index in [4.69, 9.17) is 4.74 Å². The Hall–Kier alpha value is -5.38. The van der Waals surface area contributed by atoms with Crippen LogP contribution in [0.5, 0.6) is 5.75 Å². The Morgan fingerprint density at radius 1 is 1.02 bits per heavy atom. The van der Waals surface area contributed by atoms with Crippen molar-refractivity contribution in [1.82, 2.24) is 30.8 Å². The quantitative estimate of drug-likeness (QED) is 0.235. The van der Waals surface area contributed by atoms with Crippen LogP contribution in [-0.4, -0.2) is 39.0 Å². The molecule has 9 nitrogen and oxygen atoms in total. The van der Waals surface area contributed by atoms with Crippen molar-refractivity contribution in [3.63, 3.8) is 0 Å². The van der Waals surface area contributed by atoms with E-state index < -0.39 is 17.6 Å².